The average Bonchev–Trinajstić information content (AvgIpc) is 2.21. The van der Waals surface area contributed by atoms with Crippen molar-refractivity contribution in [2.75, 3.05) is 13.1 Å². The summed E-state index contributed by atoms with van der Waals surface area (Å²) in [5.41, 5.74) is 0. The molecule has 0 aliphatic carbocycles. The summed E-state index contributed by atoms with van der Waals surface area (Å²) in [7, 11) is 0. The van der Waals surface area contributed by atoms with Crippen LogP contribution in [0.2, 0.25) is 0 Å². The lowest BCUT2D eigenvalue weighted by Crippen LogP contribution is -2.32. The van der Waals surface area contributed by atoms with Gasteiger partial charge in [0.15, 0.2) is 0 Å². The number of hydrogen-bond acceptors (Lipinski definition) is 5. The predicted octanol–water partition coefficient (Wildman–Crippen LogP) is 0.548. The fourth-order valence-electron chi connectivity index (χ4n) is 0.980. The molecule has 68 valence electrons. The summed E-state index contributed by atoms with van der Waals surface area (Å²) in [4.78, 5) is 13.3. The zero-order chi connectivity index (χ0) is 8.93. The molecule has 0 N–H and O–H groups in total. The maximum absolute atomic E-state index is 5.44. The van der Waals surface area contributed by atoms with Crippen molar-refractivity contribution in [3.63, 3.8) is 0 Å². The Hall–Kier alpha value is -1.62. The third kappa shape index (κ3) is 2.16. The molecule has 2 rings (SSSR count). The lowest BCUT2D eigenvalue weighted by Gasteiger charge is -2.26. The normalized spacial score (nSPS) is 20.0. The molecule has 0 aromatic heterocycles. The van der Waals surface area contributed by atoms with E-state index in [4.69, 9.17) is 4.94 Å². The Kier molecular flexibility index (Phi) is 2.38. The maximum Gasteiger partial charge on any atom is 0.0826 e. The molecule has 0 saturated heterocycles. The number of aliphatic imine (C=N–C) groups is 2. The highest BCUT2D eigenvalue weighted by molar-refractivity contribution is 5.62. The number of hydrogen-bond donors (Lipinski definition) is 0. The van der Waals surface area contributed by atoms with Gasteiger partial charge in [0.2, 0.25) is 0 Å². The van der Waals surface area contributed by atoms with Gasteiger partial charge in [0, 0.05) is 37.2 Å². The molecule has 2 aliphatic rings. The van der Waals surface area contributed by atoms with Gasteiger partial charge in [-0.2, -0.15) is 4.94 Å². The van der Waals surface area contributed by atoms with E-state index in [1.54, 1.807) is 47.4 Å². The first-order valence-electron chi connectivity index (χ1n) is 4.03. The minimum absolute atomic E-state index is 0.665. The van der Waals surface area contributed by atoms with Crippen LogP contribution in [0, 0.1) is 0 Å². The second-order valence-electron chi connectivity index (χ2n) is 2.54. The second-order valence-corrected chi connectivity index (χ2v) is 2.54. The Labute approximate surface area is 76.2 Å². The van der Waals surface area contributed by atoms with Crippen molar-refractivity contribution in [1.29, 1.82) is 0 Å². The van der Waals surface area contributed by atoms with Gasteiger partial charge >= 0.3 is 0 Å². The van der Waals surface area contributed by atoms with Gasteiger partial charge in [-0.1, -0.05) is 0 Å². The van der Waals surface area contributed by atoms with Crippen molar-refractivity contribution < 1.29 is 4.94 Å². The fourth-order valence-corrected chi connectivity index (χ4v) is 0.980. The molecule has 0 aromatic carbocycles. The van der Waals surface area contributed by atoms with E-state index in [0.717, 1.165) is 0 Å². The fraction of sp³-hybridized carbons (Fsp3) is 0.250. The maximum atomic E-state index is 5.44. The van der Waals surface area contributed by atoms with Crippen molar-refractivity contribution in [2.45, 2.75) is 0 Å². The van der Waals surface area contributed by atoms with E-state index in [1.165, 1.54) is 0 Å². The Bertz CT molecular complexity index is 254. The third-order valence-electron chi connectivity index (χ3n) is 1.58. The molecule has 0 amide bonds. The standard InChI is InChI=1S/C8H10N4O/c1-5-11(6-2-9-1)13-12-7-3-10-4-8-12/h1-5,7H,6,8H2. The molecule has 5 heteroatoms. The Morgan fingerprint density at radius 1 is 0.923 bits per heavy atom. The smallest absolute Gasteiger partial charge is 0.0826 e. The molecule has 13 heavy (non-hydrogen) atoms. The molecule has 0 saturated carbocycles. The molecule has 0 bridgehead atoms. The van der Waals surface area contributed by atoms with E-state index in [-0.39, 0.29) is 0 Å². The number of rotatable bonds is 2. The van der Waals surface area contributed by atoms with Crippen molar-refractivity contribution in [3.8, 4) is 0 Å². The van der Waals surface area contributed by atoms with Gasteiger partial charge in [-0.25, -0.2) is 10.1 Å². The summed E-state index contributed by atoms with van der Waals surface area (Å²) in [6, 6.07) is 0. The van der Waals surface area contributed by atoms with Crippen LogP contribution in [-0.4, -0.2) is 35.6 Å². The topological polar surface area (TPSA) is 40.4 Å². The van der Waals surface area contributed by atoms with E-state index in [9.17, 15) is 0 Å². The quantitative estimate of drug-likeness (QED) is 0.620. The number of nitrogens with zero attached hydrogens (tertiary/aromatic N) is 4. The summed E-state index contributed by atoms with van der Waals surface area (Å²) in [6.07, 6.45) is 10.5. The second kappa shape index (κ2) is 3.86. The minimum atomic E-state index is 0.665. The molecular weight excluding hydrogens is 168 g/mol. The molecular formula is C8H10N4O. The highest BCUT2D eigenvalue weighted by atomic mass is 16.8. The number of hydroxylamine groups is 4. The van der Waals surface area contributed by atoms with E-state index in [2.05, 4.69) is 9.98 Å². The van der Waals surface area contributed by atoms with Gasteiger partial charge < -0.3 is 0 Å². The molecule has 0 aromatic rings. The highest BCUT2D eigenvalue weighted by Crippen LogP contribution is 2.02. The van der Waals surface area contributed by atoms with Crippen LogP contribution in [0.4, 0.5) is 0 Å². The Morgan fingerprint density at radius 2 is 1.46 bits per heavy atom. The van der Waals surface area contributed by atoms with Crippen molar-refractivity contribution in [1.82, 2.24) is 10.1 Å². The first-order valence-corrected chi connectivity index (χ1v) is 4.03. The lowest BCUT2D eigenvalue weighted by atomic mass is 10.6. The first kappa shape index (κ1) is 8.00. The van der Waals surface area contributed by atoms with Gasteiger partial charge in [-0.15, -0.1) is 0 Å². The van der Waals surface area contributed by atoms with Crippen molar-refractivity contribution in [2.24, 2.45) is 9.98 Å². The molecule has 2 heterocycles. The summed E-state index contributed by atoms with van der Waals surface area (Å²) in [5, 5.41) is 3.38. The van der Waals surface area contributed by atoms with Gasteiger partial charge in [0.25, 0.3) is 0 Å². The molecule has 0 spiro atoms. The molecule has 0 radical (unpaired) electrons. The largest absolute Gasteiger partial charge is 0.266 e. The van der Waals surface area contributed by atoms with Gasteiger partial charge in [-0.3, -0.25) is 9.98 Å². The molecule has 5 nitrogen and oxygen atoms in total. The van der Waals surface area contributed by atoms with Crippen LogP contribution >= 0.6 is 0 Å². The van der Waals surface area contributed by atoms with Crippen molar-refractivity contribution in [3.05, 3.63) is 24.8 Å². The zero-order valence-electron chi connectivity index (χ0n) is 7.08. The summed E-state index contributed by atoms with van der Waals surface area (Å²) in [6.45, 7) is 1.33. The Balaban J connectivity index is 1.84. The van der Waals surface area contributed by atoms with Crippen LogP contribution in [0.3, 0.4) is 0 Å². The Morgan fingerprint density at radius 3 is 1.85 bits per heavy atom. The van der Waals surface area contributed by atoms with Gasteiger partial charge in [0.1, 0.15) is 0 Å². The monoisotopic (exact) mass is 178 g/mol. The van der Waals surface area contributed by atoms with E-state index in [1.807, 2.05) is 0 Å². The van der Waals surface area contributed by atoms with Crippen LogP contribution in [0.25, 0.3) is 0 Å². The molecule has 0 fully saturated rings. The third-order valence-corrected chi connectivity index (χ3v) is 1.58. The molecule has 0 atom stereocenters. The van der Waals surface area contributed by atoms with Gasteiger partial charge in [0.05, 0.1) is 13.1 Å². The van der Waals surface area contributed by atoms with Crippen LogP contribution in [0.15, 0.2) is 34.8 Å². The van der Waals surface area contributed by atoms with Crippen LogP contribution in [0.5, 0.6) is 0 Å². The van der Waals surface area contributed by atoms with E-state index in [0.29, 0.717) is 13.1 Å². The van der Waals surface area contributed by atoms with Gasteiger partial charge in [-0.05, 0) is 0 Å². The van der Waals surface area contributed by atoms with Crippen LogP contribution in [0.1, 0.15) is 0 Å². The van der Waals surface area contributed by atoms with E-state index >= 15 is 0 Å². The van der Waals surface area contributed by atoms with Crippen molar-refractivity contribution >= 4 is 12.4 Å². The SMILES string of the molecule is C1=CN(ON2C=CN=CC2)CC=N1. The zero-order valence-corrected chi connectivity index (χ0v) is 7.08. The van der Waals surface area contributed by atoms with Crippen LogP contribution in [-0.2, 0) is 4.94 Å². The highest BCUT2D eigenvalue weighted by Gasteiger charge is 2.06. The summed E-state index contributed by atoms with van der Waals surface area (Å²) < 4.78 is 0. The summed E-state index contributed by atoms with van der Waals surface area (Å²) >= 11 is 0. The predicted molar refractivity (Wildman–Crippen MR) is 49.8 cm³/mol. The molecule has 0 unspecified atom stereocenters. The minimum Gasteiger partial charge on any atom is -0.266 e. The van der Waals surface area contributed by atoms with E-state index < -0.39 is 0 Å². The van der Waals surface area contributed by atoms with Crippen LogP contribution < -0.4 is 0 Å². The average molecular weight is 178 g/mol. The first-order chi connectivity index (χ1) is 6.45. The lowest BCUT2D eigenvalue weighted by molar-refractivity contribution is -0.268. The molecule has 2 aliphatic heterocycles. The summed E-state index contributed by atoms with van der Waals surface area (Å²) in [5.74, 6) is 0.